The van der Waals surface area contributed by atoms with Gasteiger partial charge in [-0.1, -0.05) is 0 Å². The lowest BCUT2D eigenvalue weighted by atomic mass is 10.1. The Balaban J connectivity index is 2.10. The fourth-order valence-corrected chi connectivity index (χ4v) is 2.34. The van der Waals surface area contributed by atoms with E-state index in [0.29, 0.717) is 26.2 Å². The molecule has 0 atom stereocenters. The van der Waals surface area contributed by atoms with E-state index >= 15 is 0 Å². The Bertz CT molecular complexity index is 525. The van der Waals surface area contributed by atoms with Crippen LogP contribution in [0.1, 0.15) is 12.5 Å². The first-order valence-electron chi connectivity index (χ1n) is 6.48. The molecule has 1 saturated heterocycles. The third kappa shape index (κ3) is 3.26. The number of hydrogen-bond acceptors (Lipinski definition) is 3. The number of carbonyl (C=O) groups is 2. The Hall–Kier alpha value is -2.11. The van der Waals surface area contributed by atoms with Crippen LogP contribution in [0.3, 0.4) is 0 Å². The molecule has 0 radical (unpaired) electrons. The van der Waals surface area contributed by atoms with E-state index in [1.807, 2.05) is 4.90 Å². The molecule has 0 aromatic heterocycles. The molecular formula is C14H17FN2O3. The van der Waals surface area contributed by atoms with Crippen LogP contribution < -0.4 is 4.90 Å². The maximum atomic E-state index is 13.5. The predicted molar refractivity (Wildman–Crippen MR) is 72.2 cm³/mol. The summed E-state index contributed by atoms with van der Waals surface area (Å²) in [6, 6.07) is 4.52. The third-order valence-corrected chi connectivity index (χ3v) is 3.46. The molecule has 20 heavy (non-hydrogen) atoms. The summed E-state index contributed by atoms with van der Waals surface area (Å²) in [7, 11) is 0. The van der Waals surface area contributed by atoms with E-state index in [1.165, 1.54) is 6.07 Å². The maximum Gasteiger partial charge on any atom is 0.307 e. The summed E-state index contributed by atoms with van der Waals surface area (Å²) in [4.78, 5) is 25.8. The lowest BCUT2D eigenvalue weighted by molar-refractivity contribution is -0.136. The van der Waals surface area contributed by atoms with Gasteiger partial charge < -0.3 is 14.9 Å². The Kier molecular flexibility index (Phi) is 4.22. The van der Waals surface area contributed by atoms with Gasteiger partial charge in [0.05, 0.1) is 6.42 Å². The number of carboxylic acid groups (broad SMARTS) is 1. The van der Waals surface area contributed by atoms with Gasteiger partial charge in [0.25, 0.3) is 0 Å². The van der Waals surface area contributed by atoms with Crippen LogP contribution in [0, 0.1) is 5.82 Å². The number of nitrogens with zero attached hydrogens (tertiary/aromatic N) is 2. The van der Waals surface area contributed by atoms with E-state index in [2.05, 4.69) is 0 Å². The molecule has 1 aliphatic heterocycles. The van der Waals surface area contributed by atoms with Gasteiger partial charge in [-0.25, -0.2) is 4.39 Å². The van der Waals surface area contributed by atoms with Crippen molar-refractivity contribution in [3.8, 4) is 0 Å². The van der Waals surface area contributed by atoms with E-state index in [4.69, 9.17) is 5.11 Å². The lowest BCUT2D eigenvalue weighted by Crippen LogP contribution is -2.48. The molecule has 1 amide bonds. The van der Waals surface area contributed by atoms with Crippen molar-refractivity contribution in [3.05, 3.63) is 29.6 Å². The Morgan fingerprint density at radius 2 is 1.90 bits per heavy atom. The van der Waals surface area contributed by atoms with E-state index in [-0.39, 0.29) is 17.9 Å². The number of carbonyl (C=O) groups excluding carboxylic acids is 1. The van der Waals surface area contributed by atoms with Crippen molar-refractivity contribution in [2.75, 3.05) is 31.1 Å². The number of hydrogen-bond donors (Lipinski definition) is 1. The fraction of sp³-hybridized carbons (Fsp3) is 0.429. The van der Waals surface area contributed by atoms with Crippen LogP contribution in [0.5, 0.6) is 0 Å². The molecule has 1 fully saturated rings. The first-order valence-corrected chi connectivity index (χ1v) is 6.48. The van der Waals surface area contributed by atoms with Crippen molar-refractivity contribution < 1.29 is 19.1 Å². The van der Waals surface area contributed by atoms with E-state index in [1.54, 1.807) is 24.0 Å². The number of amides is 1. The van der Waals surface area contributed by atoms with Gasteiger partial charge in [0.1, 0.15) is 5.82 Å². The monoisotopic (exact) mass is 280 g/mol. The maximum absolute atomic E-state index is 13.5. The fourth-order valence-electron chi connectivity index (χ4n) is 2.34. The molecular weight excluding hydrogens is 263 g/mol. The van der Waals surface area contributed by atoms with Gasteiger partial charge in [-0.15, -0.1) is 0 Å². The number of anilines is 1. The third-order valence-electron chi connectivity index (χ3n) is 3.46. The minimum atomic E-state index is -1.05. The molecule has 0 spiro atoms. The number of benzene rings is 1. The zero-order valence-electron chi connectivity index (χ0n) is 11.3. The van der Waals surface area contributed by atoms with Crippen LogP contribution >= 0.6 is 0 Å². The van der Waals surface area contributed by atoms with Gasteiger partial charge in [0.2, 0.25) is 5.91 Å². The highest BCUT2D eigenvalue weighted by Gasteiger charge is 2.19. The van der Waals surface area contributed by atoms with Gasteiger partial charge in [-0.05, 0) is 18.2 Å². The van der Waals surface area contributed by atoms with Gasteiger partial charge in [-0.3, -0.25) is 9.59 Å². The van der Waals surface area contributed by atoms with Crippen molar-refractivity contribution in [3.63, 3.8) is 0 Å². The molecule has 0 aliphatic carbocycles. The van der Waals surface area contributed by atoms with E-state index in [9.17, 15) is 14.0 Å². The number of halogens is 1. The second-order valence-electron chi connectivity index (χ2n) is 4.84. The van der Waals surface area contributed by atoms with E-state index in [0.717, 1.165) is 5.69 Å². The quantitative estimate of drug-likeness (QED) is 0.901. The summed E-state index contributed by atoms with van der Waals surface area (Å²) in [6.45, 7) is 4.12. The average Bonchev–Trinajstić information content (AvgIpc) is 2.41. The summed E-state index contributed by atoms with van der Waals surface area (Å²) >= 11 is 0. The van der Waals surface area contributed by atoms with Crippen LogP contribution in [0.25, 0.3) is 0 Å². The molecule has 1 aromatic carbocycles. The molecule has 108 valence electrons. The standard InChI is InChI=1S/C14H17FN2O3/c1-10(18)16-4-6-17(7-5-16)12-2-3-13(15)11(8-12)9-14(19)20/h2-3,8H,4-7,9H2,1H3,(H,19,20). The average molecular weight is 280 g/mol. The van der Waals surface area contributed by atoms with Crippen molar-refractivity contribution in [2.45, 2.75) is 13.3 Å². The van der Waals surface area contributed by atoms with Crippen LogP contribution in [0.4, 0.5) is 10.1 Å². The highest BCUT2D eigenvalue weighted by molar-refractivity contribution is 5.73. The molecule has 0 bridgehead atoms. The molecule has 0 saturated carbocycles. The topological polar surface area (TPSA) is 60.9 Å². The minimum absolute atomic E-state index is 0.0512. The molecule has 1 heterocycles. The highest BCUT2D eigenvalue weighted by atomic mass is 19.1. The normalized spacial score (nSPS) is 15.3. The Morgan fingerprint density at radius 3 is 2.45 bits per heavy atom. The van der Waals surface area contributed by atoms with Crippen LogP contribution in [0.2, 0.25) is 0 Å². The number of rotatable bonds is 3. The smallest absolute Gasteiger partial charge is 0.307 e. The summed E-state index contributed by atoms with van der Waals surface area (Å²) in [5.41, 5.74) is 0.981. The minimum Gasteiger partial charge on any atom is -0.481 e. The van der Waals surface area contributed by atoms with Crippen molar-refractivity contribution in [2.24, 2.45) is 0 Å². The summed E-state index contributed by atoms with van der Waals surface area (Å²) in [5, 5.41) is 8.76. The number of aliphatic carboxylic acids is 1. The molecule has 6 heteroatoms. The molecule has 2 rings (SSSR count). The number of piperazine rings is 1. The van der Waals surface area contributed by atoms with Crippen molar-refractivity contribution in [1.29, 1.82) is 0 Å². The largest absolute Gasteiger partial charge is 0.481 e. The predicted octanol–water partition coefficient (Wildman–Crippen LogP) is 1.12. The summed E-state index contributed by atoms with van der Waals surface area (Å²) in [6.07, 6.45) is -0.326. The van der Waals surface area contributed by atoms with Gasteiger partial charge in [0.15, 0.2) is 0 Å². The van der Waals surface area contributed by atoms with E-state index < -0.39 is 11.8 Å². The van der Waals surface area contributed by atoms with Crippen LogP contribution in [-0.4, -0.2) is 48.1 Å². The van der Waals surface area contributed by atoms with Gasteiger partial charge >= 0.3 is 5.97 Å². The first-order chi connectivity index (χ1) is 9.47. The second-order valence-corrected chi connectivity index (χ2v) is 4.84. The van der Waals surface area contributed by atoms with Crippen molar-refractivity contribution >= 4 is 17.6 Å². The molecule has 5 nitrogen and oxygen atoms in total. The SMILES string of the molecule is CC(=O)N1CCN(c2ccc(F)c(CC(=O)O)c2)CC1. The molecule has 1 N–H and O–H groups in total. The van der Waals surface area contributed by atoms with Crippen molar-refractivity contribution in [1.82, 2.24) is 4.90 Å². The second kappa shape index (κ2) is 5.90. The van der Waals surface area contributed by atoms with Crippen LogP contribution in [0.15, 0.2) is 18.2 Å². The Morgan fingerprint density at radius 1 is 1.25 bits per heavy atom. The van der Waals surface area contributed by atoms with Crippen LogP contribution in [-0.2, 0) is 16.0 Å². The zero-order chi connectivity index (χ0) is 14.7. The molecule has 1 aliphatic rings. The molecule has 0 unspecified atom stereocenters. The first kappa shape index (κ1) is 14.3. The number of carboxylic acids is 1. The summed E-state index contributed by atoms with van der Waals surface area (Å²) in [5.74, 6) is -1.50. The Labute approximate surface area is 116 Å². The zero-order valence-corrected chi connectivity index (χ0v) is 11.3. The highest BCUT2D eigenvalue weighted by Crippen LogP contribution is 2.21. The van der Waals surface area contributed by atoms with Gasteiger partial charge in [0, 0.05) is 44.4 Å². The lowest BCUT2D eigenvalue weighted by Gasteiger charge is -2.35. The van der Waals surface area contributed by atoms with Gasteiger partial charge in [-0.2, -0.15) is 0 Å². The summed E-state index contributed by atoms with van der Waals surface area (Å²) < 4.78 is 13.5. The molecule has 1 aromatic rings.